The second-order valence-electron chi connectivity index (χ2n) is 3.47. The van der Waals surface area contributed by atoms with E-state index in [1.54, 1.807) is 0 Å². The summed E-state index contributed by atoms with van der Waals surface area (Å²) in [5.41, 5.74) is 5.80. The van der Waals surface area contributed by atoms with Gasteiger partial charge >= 0.3 is 12.3 Å². The molecule has 1 atom stereocenters. The number of aliphatic carboxylic acids is 1. The summed E-state index contributed by atoms with van der Waals surface area (Å²) in [4.78, 5) is 10.5. The first kappa shape index (κ1) is 18.0. The molecule has 4 nitrogen and oxygen atoms in total. The van der Waals surface area contributed by atoms with E-state index in [4.69, 9.17) is 10.8 Å². The summed E-state index contributed by atoms with van der Waals surface area (Å²) in [5.74, 6) is -1.59. The van der Waals surface area contributed by atoms with Gasteiger partial charge in [0.05, 0.1) is 6.42 Å². The third-order valence-corrected chi connectivity index (χ3v) is 2.41. The highest BCUT2D eigenvalue weighted by Gasteiger charge is 2.31. The van der Waals surface area contributed by atoms with Crippen molar-refractivity contribution in [3.8, 4) is 5.75 Å². The molecular formula is C10H10BrClF3NO3. The van der Waals surface area contributed by atoms with Crippen LogP contribution in [0.5, 0.6) is 5.75 Å². The molecule has 0 bridgehead atoms. The van der Waals surface area contributed by atoms with E-state index in [-0.39, 0.29) is 24.4 Å². The molecule has 1 rings (SSSR count). The summed E-state index contributed by atoms with van der Waals surface area (Å²) in [6.45, 7) is 0. The van der Waals surface area contributed by atoms with Crippen molar-refractivity contribution in [2.75, 3.05) is 0 Å². The van der Waals surface area contributed by atoms with Crippen LogP contribution in [0.2, 0.25) is 0 Å². The van der Waals surface area contributed by atoms with Crippen molar-refractivity contribution in [3.63, 3.8) is 0 Å². The number of alkyl halides is 3. The van der Waals surface area contributed by atoms with Gasteiger partial charge in [-0.25, -0.2) is 0 Å². The standard InChI is InChI=1S/C10H9BrF3NO3.ClH/c11-6-1-5(8(15)4-9(16)17)2-7(3-6)18-10(12,13)14;/h1-3,8H,4,15H2,(H,16,17);1H. The maximum Gasteiger partial charge on any atom is 0.573 e. The van der Waals surface area contributed by atoms with Crippen LogP contribution in [0.15, 0.2) is 22.7 Å². The van der Waals surface area contributed by atoms with Crippen molar-refractivity contribution in [2.24, 2.45) is 5.73 Å². The van der Waals surface area contributed by atoms with Gasteiger partial charge < -0.3 is 15.6 Å². The number of benzene rings is 1. The average Bonchev–Trinajstić information content (AvgIpc) is 2.12. The van der Waals surface area contributed by atoms with Gasteiger partial charge in [0.1, 0.15) is 5.75 Å². The number of ether oxygens (including phenoxy) is 1. The average molecular weight is 365 g/mol. The predicted octanol–water partition coefficient (Wildman–Crippen LogP) is 3.24. The van der Waals surface area contributed by atoms with Gasteiger partial charge in [-0.05, 0) is 23.8 Å². The lowest BCUT2D eigenvalue weighted by molar-refractivity contribution is -0.274. The topological polar surface area (TPSA) is 72.6 Å². The fourth-order valence-electron chi connectivity index (χ4n) is 1.30. The summed E-state index contributed by atoms with van der Waals surface area (Å²) in [6.07, 6.45) is -5.20. The van der Waals surface area contributed by atoms with Crippen molar-refractivity contribution in [2.45, 2.75) is 18.8 Å². The molecule has 0 saturated carbocycles. The zero-order valence-corrected chi connectivity index (χ0v) is 11.7. The van der Waals surface area contributed by atoms with Gasteiger partial charge in [-0.3, -0.25) is 4.79 Å². The van der Waals surface area contributed by atoms with E-state index >= 15 is 0 Å². The lowest BCUT2D eigenvalue weighted by atomic mass is 10.0. The smallest absolute Gasteiger partial charge is 0.481 e. The van der Waals surface area contributed by atoms with E-state index in [2.05, 4.69) is 20.7 Å². The van der Waals surface area contributed by atoms with Crippen molar-refractivity contribution >= 4 is 34.3 Å². The minimum atomic E-state index is -4.81. The number of carbonyl (C=O) groups is 1. The van der Waals surface area contributed by atoms with Crippen LogP contribution in [-0.2, 0) is 4.79 Å². The molecule has 0 aromatic heterocycles. The Hall–Kier alpha value is -0.990. The highest BCUT2D eigenvalue weighted by Crippen LogP contribution is 2.29. The Kier molecular flexibility index (Phi) is 6.61. The number of rotatable bonds is 4. The highest BCUT2D eigenvalue weighted by atomic mass is 79.9. The summed E-state index contributed by atoms with van der Waals surface area (Å²) in [6, 6.07) is 2.71. The zero-order chi connectivity index (χ0) is 13.9. The fourth-order valence-corrected chi connectivity index (χ4v) is 1.79. The molecule has 19 heavy (non-hydrogen) atoms. The maximum absolute atomic E-state index is 12.1. The van der Waals surface area contributed by atoms with E-state index in [1.807, 2.05) is 0 Å². The van der Waals surface area contributed by atoms with Crippen LogP contribution >= 0.6 is 28.3 Å². The predicted molar refractivity (Wildman–Crippen MR) is 67.3 cm³/mol. The highest BCUT2D eigenvalue weighted by molar-refractivity contribution is 9.10. The van der Waals surface area contributed by atoms with Crippen LogP contribution < -0.4 is 10.5 Å². The van der Waals surface area contributed by atoms with Gasteiger partial charge in [-0.1, -0.05) is 15.9 Å². The molecule has 0 spiro atoms. The molecule has 0 radical (unpaired) electrons. The zero-order valence-electron chi connectivity index (χ0n) is 9.28. The van der Waals surface area contributed by atoms with Crippen molar-refractivity contribution in [1.29, 1.82) is 0 Å². The normalized spacial score (nSPS) is 12.5. The van der Waals surface area contributed by atoms with Crippen LogP contribution in [-0.4, -0.2) is 17.4 Å². The second-order valence-corrected chi connectivity index (χ2v) is 4.39. The lowest BCUT2D eigenvalue weighted by Crippen LogP contribution is -2.18. The Morgan fingerprint density at radius 3 is 2.47 bits per heavy atom. The number of carboxylic acids is 1. The molecular weight excluding hydrogens is 354 g/mol. The molecule has 0 aliphatic carbocycles. The molecule has 0 aliphatic heterocycles. The molecule has 0 fully saturated rings. The fraction of sp³-hybridized carbons (Fsp3) is 0.300. The van der Waals surface area contributed by atoms with Gasteiger partial charge in [0.15, 0.2) is 0 Å². The number of carboxylic acid groups (broad SMARTS) is 1. The van der Waals surface area contributed by atoms with Gasteiger partial charge in [-0.15, -0.1) is 25.6 Å². The monoisotopic (exact) mass is 363 g/mol. The number of hydrogen-bond acceptors (Lipinski definition) is 3. The third kappa shape index (κ3) is 6.65. The molecule has 1 aromatic rings. The quantitative estimate of drug-likeness (QED) is 0.860. The summed E-state index contributed by atoms with van der Waals surface area (Å²) < 4.78 is 40.2. The minimum Gasteiger partial charge on any atom is -0.481 e. The molecule has 1 unspecified atom stereocenters. The molecule has 3 N–H and O–H groups in total. The van der Waals surface area contributed by atoms with Gasteiger partial charge in [0.25, 0.3) is 0 Å². The van der Waals surface area contributed by atoms with E-state index in [9.17, 15) is 18.0 Å². The lowest BCUT2D eigenvalue weighted by Gasteiger charge is -2.14. The Labute approximate surface area is 121 Å². The first-order valence-corrected chi connectivity index (χ1v) is 5.50. The van der Waals surface area contributed by atoms with Crippen LogP contribution in [0, 0.1) is 0 Å². The largest absolute Gasteiger partial charge is 0.573 e. The molecule has 0 aliphatic rings. The van der Waals surface area contributed by atoms with E-state index in [1.165, 1.54) is 6.07 Å². The second kappa shape index (κ2) is 6.97. The third-order valence-electron chi connectivity index (χ3n) is 1.95. The molecule has 0 saturated heterocycles. The molecule has 0 amide bonds. The Balaban J connectivity index is 0.00000324. The Bertz CT molecular complexity index is 456. The summed E-state index contributed by atoms with van der Waals surface area (Å²) in [7, 11) is 0. The van der Waals surface area contributed by atoms with Crippen LogP contribution in [0.3, 0.4) is 0 Å². The SMILES string of the molecule is Cl.NC(CC(=O)O)c1cc(Br)cc(OC(F)(F)F)c1. The van der Waals surface area contributed by atoms with Crippen molar-refractivity contribution in [3.05, 3.63) is 28.2 Å². The molecule has 9 heteroatoms. The minimum absolute atomic E-state index is 0. The van der Waals surface area contributed by atoms with Crippen LogP contribution in [0.1, 0.15) is 18.0 Å². The Morgan fingerprint density at radius 2 is 2.00 bits per heavy atom. The number of nitrogens with two attached hydrogens (primary N) is 1. The first-order valence-electron chi connectivity index (χ1n) is 4.71. The molecule has 0 heterocycles. The number of hydrogen-bond donors (Lipinski definition) is 2. The summed E-state index contributed by atoms with van der Waals surface area (Å²) >= 11 is 3.00. The van der Waals surface area contributed by atoms with E-state index in [0.717, 1.165) is 12.1 Å². The number of halogens is 5. The van der Waals surface area contributed by atoms with Gasteiger partial charge in [-0.2, -0.15) is 0 Å². The van der Waals surface area contributed by atoms with Crippen LogP contribution in [0.4, 0.5) is 13.2 Å². The van der Waals surface area contributed by atoms with Crippen molar-refractivity contribution in [1.82, 2.24) is 0 Å². The summed E-state index contributed by atoms with van der Waals surface area (Å²) in [5, 5.41) is 8.57. The maximum atomic E-state index is 12.1. The van der Waals surface area contributed by atoms with Crippen LogP contribution in [0.25, 0.3) is 0 Å². The first-order chi connectivity index (χ1) is 8.17. The van der Waals surface area contributed by atoms with Gasteiger partial charge in [0, 0.05) is 10.5 Å². The Morgan fingerprint density at radius 1 is 1.42 bits per heavy atom. The van der Waals surface area contributed by atoms with Gasteiger partial charge in [0.2, 0.25) is 0 Å². The molecule has 108 valence electrons. The van der Waals surface area contributed by atoms with Crippen molar-refractivity contribution < 1.29 is 27.8 Å². The van der Waals surface area contributed by atoms with E-state index in [0.29, 0.717) is 4.47 Å². The van der Waals surface area contributed by atoms with E-state index < -0.39 is 24.1 Å². The molecule has 1 aromatic carbocycles.